The Kier molecular flexibility index (Phi) is 5.40. The number of aryl methyl sites for hydroxylation is 1. The summed E-state index contributed by atoms with van der Waals surface area (Å²) in [5.74, 6) is 6.57. The Bertz CT molecular complexity index is 843. The van der Waals surface area contributed by atoms with Gasteiger partial charge in [0.1, 0.15) is 0 Å². The normalized spacial score (nSPS) is 12.1. The summed E-state index contributed by atoms with van der Waals surface area (Å²) in [5.41, 5.74) is 2.01. The van der Waals surface area contributed by atoms with Crippen molar-refractivity contribution >= 4 is 34.7 Å². The zero-order valence-corrected chi connectivity index (χ0v) is 15.6. The number of nitrogens with one attached hydrogen (secondary N) is 1. The van der Waals surface area contributed by atoms with Crippen molar-refractivity contribution in [3.8, 4) is 10.7 Å². The molecule has 0 fully saturated rings. The van der Waals surface area contributed by atoms with Crippen LogP contribution in [0.4, 0.5) is 5.69 Å². The number of hydrogen-bond acceptors (Lipinski definition) is 6. The molecule has 0 saturated carbocycles. The van der Waals surface area contributed by atoms with Crippen LogP contribution >= 0.6 is 23.1 Å². The lowest BCUT2D eigenvalue weighted by molar-refractivity contribution is -0.115. The molecule has 2 aromatic heterocycles. The molecule has 3 rings (SSSR count). The number of nitrogen functional groups attached to an aromatic ring is 1. The Hall–Kier alpha value is -2.32. The molecule has 1 amide bonds. The molecule has 25 heavy (non-hydrogen) atoms. The fraction of sp³-hybridized carbons (Fsp3) is 0.235. The number of rotatable bonds is 6. The van der Waals surface area contributed by atoms with Gasteiger partial charge in [-0.3, -0.25) is 4.79 Å². The van der Waals surface area contributed by atoms with Gasteiger partial charge in [-0.2, -0.15) is 0 Å². The van der Waals surface area contributed by atoms with Crippen molar-refractivity contribution in [2.75, 3.05) is 11.2 Å². The predicted molar refractivity (Wildman–Crippen MR) is 103 cm³/mol. The lowest BCUT2D eigenvalue weighted by Gasteiger charge is -2.11. The number of thioether (sulfide) groups is 1. The van der Waals surface area contributed by atoms with Crippen molar-refractivity contribution in [3.63, 3.8) is 0 Å². The topological polar surface area (TPSA) is 85.8 Å². The van der Waals surface area contributed by atoms with Gasteiger partial charge >= 0.3 is 0 Å². The Labute approximate surface area is 154 Å². The monoisotopic (exact) mass is 373 g/mol. The van der Waals surface area contributed by atoms with E-state index >= 15 is 0 Å². The second kappa shape index (κ2) is 7.71. The number of aromatic nitrogens is 3. The van der Waals surface area contributed by atoms with Crippen LogP contribution in [0.15, 0.2) is 46.9 Å². The lowest BCUT2D eigenvalue weighted by atomic mass is 10.1. The summed E-state index contributed by atoms with van der Waals surface area (Å²) in [6.45, 7) is 3.92. The molecule has 2 heterocycles. The van der Waals surface area contributed by atoms with E-state index < -0.39 is 0 Å². The van der Waals surface area contributed by atoms with Gasteiger partial charge in [-0.15, -0.1) is 21.5 Å². The van der Waals surface area contributed by atoms with E-state index in [4.69, 9.17) is 5.84 Å². The number of hydrogen-bond donors (Lipinski definition) is 2. The molecule has 0 aliphatic carbocycles. The van der Waals surface area contributed by atoms with Gasteiger partial charge in [-0.05, 0) is 42.5 Å². The maximum absolute atomic E-state index is 12.4. The highest BCUT2D eigenvalue weighted by atomic mass is 32.2. The van der Waals surface area contributed by atoms with Crippen LogP contribution in [0.25, 0.3) is 10.7 Å². The number of anilines is 1. The van der Waals surface area contributed by atoms with Crippen LogP contribution in [0, 0.1) is 0 Å². The Morgan fingerprint density at radius 1 is 1.32 bits per heavy atom. The first kappa shape index (κ1) is 17.5. The van der Waals surface area contributed by atoms with E-state index in [-0.39, 0.29) is 11.2 Å². The van der Waals surface area contributed by atoms with Crippen molar-refractivity contribution in [1.29, 1.82) is 0 Å². The first-order chi connectivity index (χ1) is 12.1. The molecular formula is C17H19N5OS2. The third kappa shape index (κ3) is 4.02. The van der Waals surface area contributed by atoms with Gasteiger partial charge < -0.3 is 11.2 Å². The first-order valence-electron chi connectivity index (χ1n) is 7.89. The molecule has 0 aliphatic heterocycles. The van der Waals surface area contributed by atoms with Crippen LogP contribution in [-0.4, -0.2) is 26.0 Å². The number of carbonyl (C=O) groups is 1. The standard InChI is InChI=1S/C17H19N5OS2/c1-3-12-6-8-13(9-7-12)19-16(23)11(2)25-17-21-20-15(22(17)18)14-5-4-10-24-14/h4-11H,3,18H2,1-2H3,(H,19,23)/t11-/m0/s1. The van der Waals surface area contributed by atoms with E-state index in [1.165, 1.54) is 22.0 Å². The van der Waals surface area contributed by atoms with Gasteiger partial charge in [-0.1, -0.05) is 36.9 Å². The molecule has 0 spiro atoms. The van der Waals surface area contributed by atoms with Gasteiger partial charge in [0.15, 0.2) is 5.82 Å². The SMILES string of the molecule is CCc1ccc(NC(=O)[C@H](C)Sc2nnc(-c3cccs3)n2N)cc1. The van der Waals surface area contributed by atoms with Gasteiger partial charge in [0.2, 0.25) is 11.1 Å². The highest BCUT2D eigenvalue weighted by Gasteiger charge is 2.20. The summed E-state index contributed by atoms with van der Waals surface area (Å²) in [5, 5.41) is 13.2. The summed E-state index contributed by atoms with van der Waals surface area (Å²) in [7, 11) is 0. The van der Waals surface area contributed by atoms with Crippen molar-refractivity contribution < 1.29 is 4.79 Å². The molecule has 8 heteroatoms. The number of thiophene rings is 1. The molecular weight excluding hydrogens is 354 g/mol. The summed E-state index contributed by atoms with van der Waals surface area (Å²) in [6, 6.07) is 11.7. The molecule has 130 valence electrons. The smallest absolute Gasteiger partial charge is 0.237 e. The second-order valence-electron chi connectivity index (χ2n) is 5.45. The van der Waals surface area contributed by atoms with Crippen molar-refractivity contribution in [2.24, 2.45) is 0 Å². The molecule has 0 saturated heterocycles. The Morgan fingerprint density at radius 3 is 2.72 bits per heavy atom. The van der Waals surface area contributed by atoms with Gasteiger partial charge in [0.05, 0.1) is 10.1 Å². The number of benzene rings is 1. The van der Waals surface area contributed by atoms with Crippen LogP contribution in [0.5, 0.6) is 0 Å². The Morgan fingerprint density at radius 2 is 2.08 bits per heavy atom. The molecule has 1 atom stereocenters. The van der Waals surface area contributed by atoms with E-state index in [2.05, 4.69) is 22.4 Å². The van der Waals surface area contributed by atoms with Crippen LogP contribution in [0.3, 0.4) is 0 Å². The highest BCUT2D eigenvalue weighted by Crippen LogP contribution is 2.27. The number of nitrogens with two attached hydrogens (primary N) is 1. The minimum Gasteiger partial charge on any atom is -0.335 e. The summed E-state index contributed by atoms with van der Waals surface area (Å²) >= 11 is 2.82. The molecule has 6 nitrogen and oxygen atoms in total. The third-order valence-corrected chi connectivity index (χ3v) is 5.61. The van der Waals surface area contributed by atoms with E-state index in [0.717, 1.165) is 17.0 Å². The zero-order valence-electron chi connectivity index (χ0n) is 14.0. The van der Waals surface area contributed by atoms with E-state index in [1.54, 1.807) is 11.3 Å². The number of nitrogens with zero attached hydrogens (tertiary/aromatic N) is 3. The van der Waals surface area contributed by atoms with E-state index in [0.29, 0.717) is 11.0 Å². The first-order valence-corrected chi connectivity index (χ1v) is 9.65. The van der Waals surface area contributed by atoms with E-state index in [1.807, 2.05) is 48.7 Å². The fourth-order valence-corrected chi connectivity index (χ4v) is 3.69. The minimum absolute atomic E-state index is 0.102. The number of amides is 1. The van der Waals surface area contributed by atoms with E-state index in [9.17, 15) is 4.79 Å². The molecule has 0 radical (unpaired) electrons. The van der Waals surface area contributed by atoms with Crippen LogP contribution < -0.4 is 11.2 Å². The van der Waals surface area contributed by atoms with Gasteiger partial charge in [0.25, 0.3) is 0 Å². The molecule has 0 unspecified atom stereocenters. The van der Waals surface area contributed by atoms with Gasteiger partial charge in [-0.25, -0.2) is 4.68 Å². The lowest BCUT2D eigenvalue weighted by Crippen LogP contribution is -2.23. The quantitative estimate of drug-likeness (QED) is 0.511. The third-order valence-electron chi connectivity index (χ3n) is 3.69. The van der Waals surface area contributed by atoms with Crippen LogP contribution in [-0.2, 0) is 11.2 Å². The van der Waals surface area contributed by atoms with Crippen LogP contribution in [0.2, 0.25) is 0 Å². The summed E-state index contributed by atoms with van der Waals surface area (Å²) < 4.78 is 1.43. The maximum atomic E-state index is 12.4. The molecule has 1 aromatic carbocycles. The largest absolute Gasteiger partial charge is 0.335 e. The van der Waals surface area contributed by atoms with Crippen molar-refractivity contribution in [3.05, 3.63) is 47.3 Å². The summed E-state index contributed by atoms with van der Waals surface area (Å²) in [4.78, 5) is 13.3. The highest BCUT2D eigenvalue weighted by molar-refractivity contribution is 8.00. The molecule has 0 aliphatic rings. The molecule has 0 bridgehead atoms. The zero-order chi connectivity index (χ0) is 17.8. The number of carbonyl (C=O) groups excluding carboxylic acids is 1. The van der Waals surface area contributed by atoms with Crippen LogP contribution in [0.1, 0.15) is 19.4 Å². The van der Waals surface area contributed by atoms with Crippen molar-refractivity contribution in [1.82, 2.24) is 14.9 Å². The summed E-state index contributed by atoms with van der Waals surface area (Å²) in [6.07, 6.45) is 0.971. The maximum Gasteiger partial charge on any atom is 0.237 e. The second-order valence-corrected chi connectivity index (χ2v) is 7.71. The average molecular weight is 374 g/mol. The van der Waals surface area contributed by atoms with Gasteiger partial charge in [0, 0.05) is 5.69 Å². The minimum atomic E-state index is -0.353. The predicted octanol–water partition coefficient (Wildman–Crippen LogP) is 3.40. The molecule has 3 aromatic rings. The molecule has 3 N–H and O–H groups in total. The van der Waals surface area contributed by atoms with Crippen molar-refractivity contribution in [2.45, 2.75) is 30.7 Å². The average Bonchev–Trinajstić information content (AvgIpc) is 3.26. The Balaban J connectivity index is 1.65. The fourth-order valence-electron chi connectivity index (χ4n) is 2.21.